The standard InChI is InChI=1S/C18H20N2O2.ClH/c1-19-12-13-5-4-6-14(11-13)20-18(21)16-9-10-22-17-8-3-2-7-15(16)17;/h2-8,11,16,19H,9-10,12H2,1H3,(H,20,21);1H. The van der Waals surface area contributed by atoms with Crippen LogP contribution in [0, 0.1) is 0 Å². The zero-order valence-electron chi connectivity index (χ0n) is 13.0. The summed E-state index contributed by atoms with van der Waals surface area (Å²) < 4.78 is 5.62. The highest BCUT2D eigenvalue weighted by Gasteiger charge is 2.27. The van der Waals surface area contributed by atoms with Gasteiger partial charge in [0.2, 0.25) is 5.91 Å². The van der Waals surface area contributed by atoms with Crippen LogP contribution in [0.5, 0.6) is 5.75 Å². The van der Waals surface area contributed by atoms with Gasteiger partial charge >= 0.3 is 0 Å². The Morgan fingerprint density at radius 2 is 2.04 bits per heavy atom. The molecule has 2 aromatic rings. The maximum absolute atomic E-state index is 12.6. The Bertz CT molecular complexity index is 676. The summed E-state index contributed by atoms with van der Waals surface area (Å²) >= 11 is 0. The third-order valence-electron chi connectivity index (χ3n) is 3.85. The van der Waals surface area contributed by atoms with Crippen molar-refractivity contribution in [1.82, 2.24) is 5.32 Å². The van der Waals surface area contributed by atoms with E-state index in [9.17, 15) is 4.79 Å². The summed E-state index contributed by atoms with van der Waals surface area (Å²) in [7, 11) is 1.91. The summed E-state index contributed by atoms with van der Waals surface area (Å²) in [6.45, 7) is 1.36. The predicted molar refractivity (Wildman–Crippen MR) is 94.4 cm³/mol. The van der Waals surface area contributed by atoms with Crippen molar-refractivity contribution in [3.05, 3.63) is 59.7 Å². The highest BCUT2D eigenvalue weighted by atomic mass is 35.5. The van der Waals surface area contributed by atoms with Crippen LogP contribution in [-0.2, 0) is 11.3 Å². The molecule has 0 saturated carbocycles. The van der Waals surface area contributed by atoms with Crippen LogP contribution in [-0.4, -0.2) is 19.6 Å². The second-order valence-electron chi connectivity index (χ2n) is 5.45. The predicted octanol–water partition coefficient (Wildman–Crippen LogP) is 3.33. The van der Waals surface area contributed by atoms with Gasteiger partial charge in [0.05, 0.1) is 12.5 Å². The van der Waals surface area contributed by atoms with Crippen LogP contribution in [0.4, 0.5) is 5.69 Å². The van der Waals surface area contributed by atoms with Crippen LogP contribution in [0.1, 0.15) is 23.5 Å². The van der Waals surface area contributed by atoms with Gasteiger partial charge in [-0.2, -0.15) is 0 Å². The third kappa shape index (κ3) is 4.03. The number of carbonyl (C=O) groups is 1. The Kier molecular flexibility index (Phi) is 6.02. The molecule has 0 fully saturated rings. The largest absolute Gasteiger partial charge is 0.493 e. The molecule has 0 aliphatic carbocycles. The summed E-state index contributed by atoms with van der Waals surface area (Å²) in [6, 6.07) is 15.7. The number of hydrogen-bond donors (Lipinski definition) is 2. The van der Waals surface area contributed by atoms with Gasteiger partial charge in [0.25, 0.3) is 0 Å². The van der Waals surface area contributed by atoms with Crippen LogP contribution in [0.15, 0.2) is 48.5 Å². The van der Waals surface area contributed by atoms with Crippen molar-refractivity contribution in [3.8, 4) is 5.75 Å². The van der Waals surface area contributed by atoms with Crippen LogP contribution in [0.25, 0.3) is 0 Å². The van der Waals surface area contributed by atoms with Gasteiger partial charge in [0.15, 0.2) is 0 Å². The van der Waals surface area contributed by atoms with Gasteiger partial charge in [-0.05, 0) is 37.2 Å². The van der Waals surface area contributed by atoms with E-state index >= 15 is 0 Å². The highest BCUT2D eigenvalue weighted by Crippen LogP contribution is 2.34. The SMILES string of the molecule is CNCc1cccc(NC(=O)C2CCOc3ccccc32)c1.Cl. The Morgan fingerprint density at radius 3 is 2.87 bits per heavy atom. The summed E-state index contributed by atoms with van der Waals surface area (Å²) in [6.07, 6.45) is 0.707. The van der Waals surface area contributed by atoms with Gasteiger partial charge in [0.1, 0.15) is 5.75 Å². The highest BCUT2D eigenvalue weighted by molar-refractivity contribution is 5.96. The number of ether oxygens (including phenoxy) is 1. The van der Waals surface area contributed by atoms with Crippen molar-refractivity contribution in [1.29, 1.82) is 0 Å². The fourth-order valence-corrected chi connectivity index (χ4v) is 2.81. The molecule has 1 atom stereocenters. The Morgan fingerprint density at radius 1 is 1.22 bits per heavy atom. The van der Waals surface area contributed by atoms with Crippen LogP contribution in [0.3, 0.4) is 0 Å². The van der Waals surface area contributed by atoms with Gasteiger partial charge in [-0.3, -0.25) is 4.79 Å². The molecule has 1 aliphatic heterocycles. The lowest BCUT2D eigenvalue weighted by Crippen LogP contribution is -2.26. The quantitative estimate of drug-likeness (QED) is 0.903. The van der Waals surface area contributed by atoms with Crippen molar-refractivity contribution >= 4 is 24.0 Å². The van der Waals surface area contributed by atoms with Crippen molar-refractivity contribution in [2.24, 2.45) is 0 Å². The fraction of sp³-hybridized carbons (Fsp3) is 0.278. The number of nitrogens with one attached hydrogen (secondary N) is 2. The number of carbonyl (C=O) groups excluding carboxylic acids is 1. The summed E-state index contributed by atoms with van der Waals surface area (Å²) in [5.41, 5.74) is 2.95. The van der Waals surface area contributed by atoms with Crippen LogP contribution >= 0.6 is 12.4 Å². The van der Waals surface area contributed by atoms with E-state index in [2.05, 4.69) is 10.6 Å². The van der Waals surface area contributed by atoms with Crippen molar-refractivity contribution in [2.75, 3.05) is 19.0 Å². The molecule has 3 rings (SSSR count). The van der Waals surface area contributed by atoms with Gasteiger partial charge in [-0.15, -0.1) is 12.4 Å². The van der Waals surface area contributed by atoms with Gasteiger partial charge in [0, 0.05) is 17.8 Å². The Labute approximate surface area is 142 Å². The number of fused-ring (bicyclic) bond motifs is 1. The number of rotatable bonds is 4. The molecule has 2 N–H and O–H groups in total. The number of halogens is 1. The molecule has 0 radical (unpaired) electrons. The van der Waals surface area contributed by atoms with Gasteiger partial charge in [-0.1, -0.05) is 30.3 Å². The number of para-hydroxylation sites is 1. The first kappa shape index (κ1) is 17.3. The smallest absolute Gasteiger partial charge is 0.232 e. The molecular formula is C18H21ClN2O2. The summed E-state index contributed by atoms with van der Waals surface area (Å²) in [5.74, 6) is 0.688. The number of amides is 1. The normalized spacial score (nSPS) is 15.8. The van der Waals surface area contributed by atoms with E-state index in [0.717, 1.165) is 29.1 Å². The molecule has 4 nitrogen and oxygen atoms in total. The average molecular weight is 333 g/mol. The topological polar surface area (TPSA) is 50.4 Å². The van der Waals surface area contributed by atoms with E-state index in [0.29, 0.717) is 13.0 Å². The van der Waals surface area contributed by atoms with Crippen molar-refractivity contribution < 1.29 is 9.53 Å². The molecule has 5 heteroatoms. The first-order valence-electron chi connectivity index (χ1n) is 7.54. The van der Waals surface area contributed by atoms with Gasteiger partial charge in [-0.25, -0.2) is 0 Å². The second-order valence-corrected chi connectivity index (χ2v) is 5.45. The fourth-order valence-electron chi connectivity index (χ4n) is 2.81. The number of hydrogen-bond acceptors (Lipinski definition) is 3. The Balaban J connectivity index is 0.00000192. The molecule has 1 aliphatic rings. The number of benzene rings is 2. The maximum atomic E-state index is 12.6. The minimum Gasteiger partial charge on any atom is -0.493 e. The lowest BCUT2D eigenvalue weighted by atomic mass is 9.92. The lowest BCUT2D eigenvalue weighted by Gasteiger charge is -2.25. The zero-order valence-corrected chi connectivity index (χ0v) is 13.9. The number of anilines is 1. The molecule has 1 unspecified atom stereocenters. The maximum Gasteiger partial charge on any atom is 0.232 e. The van der Waals surface area contributed by atoms with Gasteiger partial charge < -0.3 is 15.4 Å². The molecule has 0 bridgehead atoms. The molecule has 0 aromatic heterocycles. The molecule has 1 heterocycles. The second kappa shape index (κ2) is 7.99. The van der Waals surface area contributed by atoms with E-state index in [4.69, 9.17) is 4.74 Å². The molecule has 0 spiro atoms. The first-order valence-corrected chi connectivity index (χ1v) is 7.54. The minimum absolute atomic E-state index is 0. The van der Waals surface area contributed by atoms with E-state index < -0.39 is 0 Å². The molecule has 1 amide bonds. The van der Waals surface area contributed by atoms with Crippen LogP contribution in [0.2, 0.25) is 0 Å². The van der Waals surface area contributed by atoms with Crippen molar-refractivity contribution in [3.63, 3.8) is 0 Å². The van der Waals surface area contributed by atoms with Crippen LogP contribution < -0.4 is 15.4 Å². The molecule has 23 heavy (non-hydrogen) atoms. The first-order chi connectivity index (χ1) is 10.8. The summed E-state index contributed by atoms with van der Waals surface area (Å²) in [4.78, 5) is 12.6. The lowest BCUT2D eigenvalue weighted by molar-refractivity contribution is -0.118. The summed E-state index contributed by atoms with van der Waals surface area (Å²) in [5, 5.41) is 6.14. The van der Waals surface area contributed by atoms with Crippen molar-refractivity contribution in [2.45, 2.75) is 18.9 Å². The van der Waals surface area contributed by atoms with E-state index in [1.165, 1.54) is 0 Å². The van der Waals surface area contributed by atoms with E-state index in [1.807, 2.05) is 55.6 Å². The van der Waals surface area contributed by atoms with E-state index in [1.54, 1.807) is 0 Å². The molecular weight excluding hydrogens is 312 g/mol. The minimum atomic E-state index is -0.155. The Hall–Kier alpha value is -2.04. The monoisotopic (exact) mass is 332 g/mol. The third-order valence-corrected chi connectivity index (χ3v) is 3.85. The zero-order chi connectivity index (χ0) is 15.4. The van der Waals surface area contributed by atoms with E-state index in [-0.39, 0.29) is 24.2 Å². The molecule has 122 valence electrons. The molecule has 0 saturated heterocycles. The molecule has 2 aromatic carbocycles. The average Bonchev–Trinajstić information content (AvgIpc) is 2.55.